The lowest BCUT2D eigenvalue weighted by atomic mass is 9.85. The maximum Gasteiger partial charge on any atom is 0.573 e. The third-order valence-electron chi connectivity index (χ3n) is 5.02. The third kappa shape index (κ3) is 5.72. The zero-order valence-electron chi connectivity index (χ0n) is 16.2. The topological polar surface area (TPSA) is 72.5 Å². The fourth-order valence-electron chi connectivity index (χ4n) is 3.28. The molecule has 0 spiro atoms. The number of benzene rings is 2. The van der Waals surface area contributed by atoms with Crippen molar-refractivity contribution in [3.8, 4) is 5.75 Å². The van der Waals surface area contributed by atoms with E-state index in [0.717, 1.165) is 42.5 Å². The number of hydrogen-bond donors (Lipinski definition) is 1. The van der Waals surface area contributed by atoms with Crippen molar-refractivity contribution in [2.75, 3.05) is 6.54 Å². The molecule has 0 saturated heterocycles. The van der Waals surface area contributed by atoms with E-state index < -0.39 is 49.7 Å². The summed E-state index contributed by atoms with van der Waals surface area (Å²) in [7, 11) is -3.95. The molecule has 1 aliphatic rings. The van der Waals surface area contributed by atoms with Crippen molar-refractivity contribution in [3.05, 3.63) is 59.7 Å². The Bertz CT molecular complexity index is 1070. The largest absolute Gasteiger partial charge is 0.573 e. The van der Waals surface area contributed by atoms with Crippen LogP contribution in [-0.2, 0) is 16.0 Å². The molecule has 0 heterocycles. The fraction of sp³-hybridized carbons (Fsp3) is 0.350. The second-order valence-corrected chi connectivity index (χ2v) is 9.54. The van der Waals surface area contributed by atoms with E-state index in [4.69, 9.17) is 0 Å². The van der Waals surface area contributed by atoms with Gasteiger partial charge in [-0.15, -0.1) is 13.2 Å². The first-order valence-corrected chi connectivity index (χ1v) is 10.9. The Morgan fingerprint density at radius 2 is 1.62 bits per heavy atom. The Balaban J connectivity index is 1.52. The predicted octanol–water partition coefficient (Wildman–Crippen LogP) is 4.59. The minimum absolute atomic E-state index is 0.0898. The first-order chi connectivity index (χ1) is 14.8. The Morgan fingerprint density at radius 3 is 2.19 bits per heavy atom. The van der Waals surface area contributed by atoms with Gasteiger partial charge in [-0.25, -0.2) is 8.42 Å². The summed E-state index contributed by atoms with van der Waals surface area (Å²) in [6.45, 7) is 0.119. The number of hydrogen-bond acceptors (Lipinski definition) is 4. The highest BCUT2D eigenvalue weighted by molar-refractivity contribution is 7.92. The molecule has 1 amide bonds. The highest BCUT2D eigenvalue weighted by Crippen LogP contribution is 2.37. The molecule has 2 aromatic carbocycles. The standard InChI is InChI=1S/C20H17F6NO4S/c21-19(22,23)14-2-1-3-16(10-14)32(29,30)17-8-12(9-17)11-27-18(28)13-4-6-15(7-5-13)31-20(24,25)26/h1-7,10,12,17H,8-9,11H2,(H,27,28). The van der Waals surface area contributed by atoms with Crippen LogP contribution in [0.3, 0.4) is 0 Å². The van der Waals surface area contributed by atoms with Crippen LogP contribution in [0.2, 0.25) is 0 Å². The first kappa shape index (κ1) is 23.9. The number of alkyl halides is 6. The molecule has 1 saturated carbocycles. The van der Waals surface area contributed by atoms with Gasteiger partial charge in [0, 0.05) is 12.1 Å². The van der Waals surface area contributed by atoms with Gasteiger partial charge in [-0.1, -0.05) is 6.07 Å². The average molecular weight is 481 g/mol. The van der Waals surface area contributed by atoms with Crippen molar-refractivity contribution >= 4 is 15.7 Å². The van der Waals surface area contributed by atoms with E-state index in [1.54, 1.807) is 0 Å². The SMILES string of the molecule is O=C(NCC1CC(S(=O)(=O)c2cccc(C(F)(F)F)c2)C1)c1ccc(OC(F)(F)F)cc1. The number of halogens is 6. The molecule has 12 heteroatoms. The van der Waals surface area contributed by atoms with Gasteiger partial charge in [0.25, 0.3) is 5.91 Å². The summed E-state index contributed by atoms with van der Waals surface area (Å²) in [5.74, 6) is -1.24. The molecule has 1 aliphatic carbocycles. The van der Waals surface area contributed by atoms with Gasteiger partial charge >= 0.3 is 12.5 Å². The number of rotatable bonds is 6. The fourth-order valence-corrected chi connectivity index (χ4v) is 5.28. The Labute approximate surface area is 179 Å². The Morgan fingerprint density at radius 1 is 1.00 bits per heavy atom. The van der Waals surface area contributed by atoms with Crippen molar-refractivity contribution < 1.29 is 44.3 Å². The minimum atomic E-state index is -4.85. The van der Waals surface area contributed by atoms with Crippen molar-refractivity contribution in [2.45, 2.75) is 35.5 Å². The molecule has 3 rings (SSSR count). The lowest BCUT2D eigenvalue weighted by Gasteiger charge is -2.35. The molecule has 1 N–H and O–H groups in total. The number of carbonyl (C=O) groups is 1. The summed E-state index contributed by atoms with van der Waals surface area (Å²) in [5.41, 5.74) is -0.958. The van der Waals surface area contributed by atoms with E-state index in [2.05, 4.69) is 10.1 Å². The van der Waals surface area contributed by atoms with E-state index in [1.807, 2.05) is 0 Å². The van der Waals surface area contributed by atoms with Crippen LogP contribution < -0.4 is 10.1 Å². The Hall–Kier alpha value is -2.76. The molecule has 2 aromatic rings. The minimum Gasteiger partial charge on any atom is -0.406 e. The van der Waals surface area contributed by atoms with E-state index in [1.165, 1.54) is 0 Å². The molecule has 0 bridgehead atoms. The second-order valence-electron chi connectivity index (χ2n) is 7.31. The summed E-state index contributed by atoms with van der Waals surface area (Å²) in [4.78, 5) is 11.7. The van der Waals surface area contributed by atoms with Gasteiger partial charge < -0.3 is 10.1 Å². The highest BCUT2D eigenvalue weighted by atomic mass is 32.2. The van der Waals surface area contributed by atoms with Crippen LogP contribution in [0.4, 0.5) is 26.3 Å². The summed E-state index contributed by atoms with van der Waals surface area (Å²) >= 11 is 0. The van der Waals surface area contributed by atoms with Crippen LogP contribution in [0, 0.1) is 5.92 Å². The molecule has 0 aliphatic heterocycles. The molecule has 32 heavy (non-hydrogen) atoms. The van der Waals surface area contributed by atoms with Crippen molar-refractivity contribution in [1.29, 1.82) is 0 Å². The Kier molecular flexibility index (Phi) is 6.45. The van der Waals surface area contributed by atoms with Crippen LogP contribution >= 0.6 is 0 Å². The number of ether oxygens (including phenoxy) is 1. The predicted molar refractivity (Wildman–Crippen MR) is 101 cm³/mol. The van der Waals surface area contributed by atoms with Gasteiger partial charge in [-0.05, 0) is 61.2 Å². The monoisotopic (exact) mass is 481 g/mol. The summed E-state index contributed by atoms with van der Waals surface area (Å²) in [6.07, 6.45) is -9.18. The smallest absolute Gasteiger partial charge is 0.406 e. The van der Waals surface area contributed by atoms with Gasteiger partial charge in [-0.3, -0.25) is 4.79 Å². The third-order valence-corrected chi connectivity index (χ3v) is 7.20. The molecule has 0 atom stereocenters. The molecular weight excluding hydrogens is 464 g/mol. The average Bonchev–Trinajstić information content (AvgIpc) is 2.65. The molecular formula is C20H17F6NO4S. The highest BCUT2D eigenvalue weighted by Gasteiger charge is 2.40. The number of nitrogens with one attached hydrogen (secondary N) is 1. The van der Waals surface area contributed by atoms with Gasteiger partial charge in [0.1, 0.15) is 5.75 Å². The summed E-state index contributed by atoms with van der Waals surface area (Å²) in [6, 6.07) is 7.84. The first-order valence-electron chi connectivity index (χ1n) is 9.31. The van der Waals surface area contributed by atoms with Gasteiger partial charge in [0.2, 0.25) is 0 Å². The van der Waals surface area contributed by atoms with Crippen molar-refractivity contribution in [3.63, 3.8) is 0 Å². The summed E-state index contributed by atoms with van der Waals surface area (Å²) < 4.78 is 104. The van der Waals surface area contributed by atoms with Gasteiger partial charge in [-0.2, -0.15) is 13.2 Å². The van der Waals surface area contributed by atoms with E-state index in [-0.39, 0.29) is 30.9 Å². The maximum atomic E-state index is 12.8. The molecule has 0 aromatic heterocycles. The van der Waals surface area contributed by atoms with Crippen molar-refractivity contribution in [2.24, 2.45) is 5.92 Å². The molecule has 5 nitrogen and oxygen atoms in total. The van der Waals surface area contributed by atoms with E-state index >= 15 is 0 Å². The quantitative estimate of drug-likeness (QED) is 0.613. The van der Waals surface area contributed by atoms with Crippen molar-refractivity contribution in [1.82, 2.24) is 5.32 Å². The van der Waals surface area contributed by atoms with Crippen LogP contribution in [0.25, 0.3) is 0 Å². The van der Waals surface area contributed by atoms with E-state index in [9.17, 15) is 39.6 Å². The number of amides is 1. The van der Waals surface area contributed by atoms with Crippen LogP contribution in [0.5, 0.6) is 5.75 Å². The van der Waals surface area contributed by atoms with Crippen LogP contribution in [-0.4, -0.2) is 32.5 Å². The van der Waals surface area contributed by atoms with E-state index in [0.29, 0.717) is 6.07 Å². The summed E-state index contributed by atoms with van der Waals surface area (Å²) in [5, 5.41) is 1.71. The molecule has 1 fully saturated rings. The lowest BCUT2D eigenvalue weighted by Crippen LogP contribution is -2.42. The molecule has 0 radical (unpaired) electrons. The molecule has 174 valence electrons. The number of carbonyl (C=O) groups excluding carboxylic acids is 1. The van der Waals surface area contributed by atoms with Gasteiger partial charge in [0.05, 0.1) is 15.7 Å². The van der Waals surface area contributed by atoms with Crippen LogP contribution in [0.15, 0.2) is 53.4 Å². The van der Waals surface area contributed by atoms with Crippen LogP contribution in [0.1, 0.15) is 28.8 Å². The second kappa shape index (κ2) is 8.64. The van der Waals surface area contributed by atoms with Gasteiger partial charge in [0.15, 0.2) is 9.84 Å². The number of sulfone groups is 1. The zero-order valence-corrected chi connectivity index (χ0v) is 17.0. The normalized spacial score (nSPS) is 19.2. The molecule has 0 unspecified atom stereocenters. The zero-order chi connectivity index (χ0) is 23.7. The maximum absolute atomic E-state index is 12.8. The lowest BCUT2D eigenvalue weighted by molar-refractivity contribution is -0.274.